The zero-order chi connectivity index (χ0) is 48.8. The number of methoxy groups -OCH3 is 2. The third kappa shape index (κ3) is 11.0. The van der Waals surface area contributed by atoms with Crippen molar-refractivity contribution in [3.63, 3.8) is 0 Å². The van der Waals surface area contributed by atoms with Gasteiger partial charge in [-0.2, -0.15) is 0 Å². The van der Waals surface area contributed by atoms with E-state index in [2.05, 4.69) is 58.1 Å². The van der Waals surface area contributed by atoms with Gasteiger partial charge in [0.1, 0.15) is 23.2 Å². The molecule has 1 heterocycles. The standard InChI is InChI=1S/C60H84N2O7/c1-41(2)15-14-16-42(3)53-30-31-54-52-29-24-46-37-51(32-34-58(46,4)55(52)33-35-59(53,54)5)69-57(65)61-36-13-9-12-19-56(64)62-39-48(63)38-47(62)40-68-60(43-17-10-8-11-18-43,44-20-25-49(66-6)26-21-44)45-22-27-50(67-7)28-23-45/h8,10-11,17-18,20-28,41-42,47-48,51-55,63H,9,12-16,19,29-40H2,1-7H3,(H,61,65)/t42-,47?,48?,51+,52?,53-,54?,55?,58+,59-/m0/s1. The summed E-state index contributed by atoms with van der Waals surface area (Å²) in [6, 6.07) is 25.6. The van der Waals surface area contributed by atoms with Gasteiger partial charge in [0, 0.05) is 25.9 Å². The largest absolute Gasteiger partial charge is 0.497 e. The van der Waals surface area contributed by atoms with E-state index in [0.717, 1.165) is 95.8 Å². The van der Waals surface area contributed by atoms with Crippen LogP contribution in [0.1, 0.15) is 154 Å². The van der Waals surface area contributed by atoms with Gasteiger partial charge in [0.2, 0.25) is 5.91 Å². The van der Waals surface area contributed by atoms with Crippen LogP contribution in [0.3, 0.4) is 0 Å². The lowest BCUT2D eigenvalue weighted by Crippen LogP contribution is -2.51. The van der Waals surface area contributed by atoms with Crippen LogP contribution in [-0.4, -0.2) is 74.2 Å². The number of hydrogen-bond donors (Lipinski definition) is 2. The molecule has 9 nitrogen and oxygen atoms in total. The highest BCUT2D eigenvalue weighted by Gasteiger charge is 2.59. The van der Waals surface area contributed by atoms with E-state index in [1.54, 1.807) is 19.8 Å². The first-order valence-corrected chi connectivity index (χ1v) is 26.9. The monoisotopic (exact) mass is 945 g/mol. The number of fused-ring (bicyclic) bond motifs is 5. The molecule has 5 aliphatic rings. The molecule has 0 aromatic heterocycles. The molecular weight excluding hydrogens is 861 g/mol. The third-order valence-electron chi connectivity index (χ3n) is 18.2. The Labute approximate surface area is 414 Å². The van der Waals surface area contributed by atoms with Gasteiger partial charge in [-0.1, -0.05) is 127 Å². The molecule has 1 saturated heterocycles. The topological polar surface area (TPSA) is 107 Å². The molecule has 3 saturated carbocycles. The molecule has 2 N–H and O–H groups in total. The van der Waals surface area contributed by atoms with Crippen LogP contribution in [0.5, 0.6) is 11.5 Å². The Kier molecular flexibility index (Phi) is 16.6. The van der Waals surface area contributed by atoms with Crippen molar-refractivity contribution in [1.29, 1.82) is 0 Å². The minimum atomic E-state index is -1.02. The second kappa shape index (κ2) is 22.4. The number of aliphatic hydroxyl groups excluding tert-OH is 1. The van der Waals surface area contributed by atoms with Gasteiger partial charge in [-0.3, -0.25) is 4.79 Å². The second-order valence-electron chi connectivity index (χ2n) is 22.7. The SMILES string of the molecule is COc1ccc(C(OCC2CC(O)CN2C(=O)CCCCCNC(=O)O[C@@H]2CC[C@]3(C)C(=CCC4C3CC[C@]3(C)C4CC[C@H]3[C@@H](C)CCCC(C)C)C2)(c2ccccc2)c2ccc(OC)cc2)cc1. The Morgan fingerprint density at radius 2 is 1.48 bits per heavy atom. The molecule has 5 unspecified atom stereocenters. The van der Waals surface area contributed by atoms with Crippen molar-refractivity contribution in [3.05, 3.63) is 107 Å². The number of ether oxygens (including phenoxy) is 4. The lowest BCUT2D eigenvalue weighted by molar-refractivity contribution is -0.134. The Morgan fingerprint density at radius 1 is 0.797 bits per heavy atom. The number of rotatable bonds is 20. The molecule has 2 amide bonds. The molecule has 3 aromatic carbocycles. The van der Waals surface area contributed by atoms with Crippen molar-refractivity contribution in [2.45, 2.75) is 161 Å². The number of alkyl carbamates (subject to hydrolysis) is 1. The van der Waals surface area contributed by atoms with Crippen LogP contribution >= 0.6 is 0 Å². The van der Waals surface area contributed by atoms with E-state index in [9.17, 15) is 14.7 Å². The number of nitrogens with one attached hydrogen (secondary N) is 1. The first-order valence-electron chi connectivity index (χ1n) is 26.9. The van der Waals surface area contributed by atoms with Gasteiger partial charge < -0.3 is 34.3 Å². The molecule has 3 aromatic rings. The fourth-order valence-corrected chi connectivity index (χ4v) is 14.5. The summed E-state index contributed by atoms with van der Waals surface area (Å²) < 4.78 is 24.2. The maximum Gasteiger partial charge on any atom is 0.407 e. The molecule has 9 heteroatoms. The molecule has 0 bridgehead atoms. The molecule has 0 radical (unpaired) electrons. The summed E-state index contributed by atoms with van der Waals surface area (Å²) in [4.78, 5) is 28.7. The van der Waals surface area contributed by atoms with Crippen LogP contribution in [0, 0.1) is 46.3 Å². The van der Waals surface area contributed by atoms with Gasteiger partial charge in [-0.05, 0) is 152 Å². The summed E-state index contributed by atoms with van der Waals surface area (Å²) in [7, 11) is 3.30. The van der Waals surface area contributed by atoms with Crippen molar-refractivity contribution >= 4 is 12.0 Å². The molecule has 376 valence electrons. The maximum absolute atomic E-state index is 13.8. The normalized spacial score (nSPS) is 29.1. The number of unbranched alkanes of at least 4 members (excludes halogenated alkanes) is 2. The molecule has 10 atom stereocenters. The second-order valence-corrected chi connectivity index (χ2v) is 22.7. The Bertz CT molecular complexity index is 2130. The van der Waals surface area contributed by atoms with E-state index in [1.807, 2.05) is 71.6 Å². The highest BCUT2D eigenvalue weighted by Crippen LogP contribution is 2.67. The Morgan fingerprint density at radius 3 is 2.14 bits per heavy atom. The number of amides is 2. The number of benzene rings is 3. The van der Waals surface area contributed by atoms with E-state index in [1.165, 1.54) is 51.4 Å². The number of aliphatic hydroxyl groups is 1. The van der Waals surface area contributed by atoms with Crippen LogP contribution < -0.4 is 14.8 Å². The quantitative estimate of drug-likeness (QED) is 0.0660. The van der Waals surface area contributed by atoms with Crippen LogP contribution in [-0.2, 0) is 19.9 Å². The van der Waals surface area contributed by atoms with Gasteiger partial charge >= 0.3 is 6.09 Å². The smallest absolute Gasteiger partial charge is 0.407 e. The summed E-state index contributed by atoms with van der Waals surface area (Å²) in [5.41, 5.74) is 4.00. The molecule has 0 spiro atoms. The maximum atomic E-state index is 13.8. The summed E-state index contributed by atoms with van der Waals surface area (Å²) >= 11 is 0. The van der Waals surface area contributed by atoms with E-state index in [0.29, 0.717) is 31.2 Å². The van der Waals surface area contributed by atoms with Crippen molar-refractivity contribution in [3.8, 4) is 11.5 Å². The number of carbonyl (C=O) groups is 2. The average Bonchev–Trinajstić information content (AvgIpc) is 3.92. The third-order valence-corrected chi connectivity index (χ3v) is 18.2. The Hall–Kier alpha value is -4.34. The molecular formula is C60H84N2O7. The summed E-state index contributed by atoms with van der Waals surface area (Å²) in [6.07, 6.45) is 18.4. The Balaban J connectivity index is 0.800. The van der Waals surface area contributed by atoms with Crippen LogP contribution in [0.2, 0.25) is 0 Å². The highest BCUT2D eigenvalue weighted by molar-refractivity contribution is 5.77. The molecule has 69 heavy (non-hydrogen) atoms. The lowest BCUT2D eigenvalue weighted by Gasteiger charge is -2.58. The van der Waals surface area contributed by atoms with Gasteiger partial charge in [0.05, 0.1) is 33.0 Å². The van der Waals surface area contributed by atoms with E-state index < -0.39 is 11.7 Å². The molecule has 1 aliphatic heterocycles. The fraction of sp³-hybridized carbons (Fsp3) is 0.633. The molecule has 8 rings (SSSR count). The number of allylic oxidation sites excluding steroid dienone is 1. The zero-order valence-electron chi connectivity index (χ0n) is 43.1. The highest BCUT2D eigenvalue weighted by atomic mass is 16.6. The number of carbonyl (C=O) groups excluding carboxylic acids is 2. The minimum absolute atomic E-state index is 0.0103. The molecule has 4 aliphatic carbocycles. The number of β-amino-alcohol motifs (C(OH)–C–C–N with tert-alkyl or cyclic N) is 1. The number of hydrogen-bond acceptors (Lipinski definition) is 7. The lowest BCUT2D eigenvalue weighted by atomic mass is 9.47. The zero-order valence-corrected chi connectivity index (χ0v) is 43.1. The van der Waals surface area contributed by atoms with E-state index in [4.69, 9.17) is 18.9 Å². The van der Waals surface area contributed by atoms with Crippen molar-refractivity contribution in [2.75, 3.05) is 33.9 Å². The van der Waals surface area contributed by atoms with Gasteiger partial charge in [-0.15, -0.1) is 0 Å². The predicted octanol–water partition coefficient (Wildman–Crippen LogP) is 12.7. The van der Waals surface area contributed by atoms with Crippen LogP contribution in [0.4, 0.5) is 4.79 Å². The average molecular weight is 945 g/mol. The first kappa shape index (κ1) is 51.0. The summed E-state index contributed by atoms with van der Waals surface area (Å²) in [6.45, 7) is 13.5. The molecule has 4 fully saturated rings. The van der Waals surface area contributed by atoms with Gasteiger partial charge in [-0.25, -0.2) is 4.79 Å². The van der Waals surface area contributed by atoms with Crippen LogP contribution in [0.15, 0.2) is 90.5 Å². The minimum Gasteiger partial charge on any atom is -0.497 e. The number of likely N-dealkylation sites (tertiary alicyclic amines) is 1. The van der Waals surface area contributed by atoms with E-state index in [-0.39, 0.29) is 42.7 Å². The fourth-order valence-electron chi connectivity index (χ4n) is 14.5. The summed E-state index contributed by atoms with van der Waals surface area (Å²) in [5.74, 6) is 6.37. The summed E-state index contributed by atoms with van der Waals surface area (Å²) in [5, 5.41) is 13.9. The predicted molar refractivity (Wildman–Crippen MR) is 274 cm³/mol. The first-order chi connectivity index (χ1) is 33.3. The van der Waals surface area contributed by atoms with Crippen molar-refractivity contribution in [1.82, 2.24) is 10.2 Å². The van der Waals surface area contributed by atoms with Crippen LogP contribution in [0.25, 0.3) is 0 Å². The van der Waals surface area contributed by atoms with Crippen molar-refractivity contribution in [2.24, 2.45) is 46.3 Å². The van der Waals surface area contributed by atoms with Gasteiger partial charge in [0.25, 0.3) is 0 Å². The van der Waals surface area contributed by atoms with E-state index >= 15 is 0 Å². The van der Waals surface area contributed by atoms with Gasteiger partial charge in [0.15, 0.2) is 0 Å². The van der Waals surface area contributed by atoms with Crippen molar-refractivity contribution < 1.29 is 33.6 Å². The number of nitrogens with zero attached hydrogens (tertiary/aromatic N) is 1.